The molecule has 23 heavy (non-hydrogen) atoms. The number of benzene rings is 1. The number of nitrogens with zero attached hydrogens (tertiary/aromatic N) is 1. The molecule has 1 atom stereocenters. The highest BCUT2D eigenvalue weighted by atomic mass is 16.5. The van der Waals surface area contributed by atoms with Gasteiger partial charge in [-0.05, 0) is 25.0 Å². The van der Waals surface area contributed by atoms with Crippen molar-refractivity contribution in [2.24, 2.45) is 0 Å². The first-order chi connectivity index (χ1) is 11.2. The minimum atomic E-state index is -0.328. The Morgan fingerprint density at radius 2 is 2.39 bits per heavy atom. The van der Waals surface area contributed by atoms with E-state index in [0.29, 0.717) is 19.7 Å². The molecule has 0 unspecified atom stereocenters. The number of carbonyl (C=O) groups excluding carboxylic acids is 2. The molecule has 7 nitrogen and oxygen atoms in total. The molecule has 1 aromatic carbocycles. The molecule has 2 aliphatic rings. The minimum Gasteiger partial charge on any atom is -0.491 e. The monoisotopic (exact) mass is 319 g/mol. The molecule has 2 saturated heterocycles. The third-order valence-corrected chi connectivity index (χ3v) is 3.90. The topological polar surface area (TPSA) is 79.9 Å². The van der Waals surface area contributed by atoms with Crippen molar-refractivity contribution in [2.75, 3.05) is 38.2 Å². The number of rotatable bonds is 6. The molecule has 124 valence electrons. The van der Waals surface area contributed by atoms with Gasteiger partial charge >= 0.3 is 6.03 Å². The van der Waals surface area contributed by atoms with E-state index < -0.39 is 0 Å². The molecule has 0 aromatic heterocycles. The van der Waals surface area contributed by atoms with E-state index in [1.165, 1.54) is 4.90 Å². The van der Waals surface area contributed by atoms with Crippen LogP contribution in [0.5, 0.6) is 5.75 Å². The van der Waals surface area contributed by atoms with Crippen molar-refractivity contribution in [3.63, 3.8) is 0 Å². The molecule has 2 heterocycles. The van der Waals surface area contributed by atoms with Gasteiger partial charge in [-0.1, -0.05) is 6.07 Å². The molecule has 2 aliphatic heterocycles. The average Bonchev–Trinajstić information content (AvgIpc) is 3.22. The van der Waals surface area contributed by atoms with Crippen LogP contribution in [-0.4, -0.2) is 55.8 Å². The van der Waals surface area contributed by atoms with E-state index in [9.17, 15) is 9.59 Å². The average molecular weight is 319 g/mol. The van der Waals surface area contributed by atoms with Gasteiger partial charge < -0.3 is 20.1 Å². The van der Waals surface area contributed by atoms with Gasteiger partial charge in [0, 0.05) is 31.5 Å². The van der Waals surface area contributed by atoms with Crippen molar-refractivity contribution in [1.29, 1.82) is 0 Å². The summed E-state index contributed by atoms with van der Waals surface area (Å²) in [6, 6.07) is 7.10. The molecule has 3 amide bonds. The summed E-state index contributed by atoms with van der Waals surface area (Å²) in [7, 11) is 0. The molecule has 1 aromatic rings. The second kappa shape index (κ2) is 7.32. The van der Waals surface area contributed by atoms with Crippen molar-refractivity contribution < 1.29 is 19.1 Å². The highest BCUT2D eigenvalue weighted by molar-refractivity contribution is 5.97. The Labute approximate surface area is 134 Å². The first kappa shape index (κ1) is 15.6. The van der Waals surface area contributed by atoms with E-state index >= 15 is 0 Å². The number of amides is 3. The van der Waals surface area contributed by atoms with E-state index in [0.717, 1.165) is 30.9 Å². The number of imide groups is 1. The second-order valence-corrected chi connectivity index (χ2v) is 5.60. The number of carbonyl (C=O) groups is 2. The van der Waals surface area contributed by atoms with Crippen LogP contribution in [-0.2, 0) is 9.53 Å². The third kappa shape index (κ3) is 4.13. The van der Waals surface area contributed by atoms with Crippen LogP contribution >= 0.6 is 0 Å². The molecule has 3 rings (SSSR count). The molecule has 0 saturated carbocycles. The number of hydrogen-bond acceptors (Lipinski definition) is 5. The molecule has 0 bridgehead atoms. The normalized spacial score (nSPS) is 20.4. The van der Waals surface area contributed by atoms with Crippen LogP contribution in [0.25, 0.3) is 0 Å². The maximum Gasteiger partial charge on any atom is 0.324 e. The molecule has 7 heteroatoms. The van der Waals surface area contributed by atoms with E-state index in [1.807, 2.05) is 24.3 Å². The number of hydrogen-bond donors (Lipinski definition) is 2. The number of ether oxygens (including phenoxy) is 2. The Morgan fingerprint density at radius 3 is 3.13 bits per heavy atom. The lowest BCUT2D eigenvalue weighted by Crippen LogP contribution is -2.37. The SMILES string of the molecule is O=C(CNc1cccc(OC[C@H]2CCCO2)c1)N1CCNC1=O. The fourth-order valence-corrected chi connectivity index (χ4v) is 2.64. The summed E-state index contributed by atoms with van der Waals surface area (Å²) >= 11 is 0. The van der Waals surface area contributed by atoms with Crippen LogP contribution in [0.3, 0.4) is 0 Å². The maximum absolute atomic E-state index is 12.0. The third-order valence-electron chi connectivity index (χ3n) is 3.90. The standard InChI is InChI=1S/C16H21N3O4/c20-15(19-7-6-17-16(19)21)10-18-12-3-1-4-13(9-12)23-11-14-5-2-8-22-14/h1,3-4,9,14,18H,2,5-8,10-11H2,(H,17,21)/t14-/m1/s1. The van der Waals surface area contributed by atoms with Gasteiger partial charge in [-0.3, -0.25) is 9.69 Å². The molecular formula is C16H21N3O4. The smallest absolute Gasteiger partial charge is 0.324 e. The summed E-state index contributed by atoms with van der Waals surface area (Å²) in [6.45, 7) is 2.35. The van der Waals surface area contributed by atoms with Crippen LogP contribution in [0.2, 0.25) is 0 Å². The first-order valence-corrected chi connectivity index (χ1v) is 7.89. The zero-order valence-electron chi connectivity index (χ0n) is 12.9. The molecule has 0 aliphatic carbocycles. The second-order valence-electron chi connectivity index (χ2n) is 5.60. The molecule has 2 N–H and O–H groups in total. The van der Waals surface area contributed by atoms with Crippen molar-refractivity contribution in [3.05, 3.63) is 24.3 Å². The van der Waals surface area contributed by atoms with Gasteiger partial charge in [0.25, 0.3) is 0 Å². The van der Waals surface area contributed by atoms with Crippen LogP contribution < -0.4 is 15.4 Å². The van der Waals surface area contributed by atoms with Gasteiger partial charge in [0.05, 0.1) is 12.6 Å². The summed E-state index contributed by atoms with van der Waals surface area (Å²) in [5.74, 6) is 0.488. The fourth-order valence-electron chi connectivity index (χ4n) is 2.64. The fraction of sp³-hybridized carbons (Fsp3) is 0.500. The lowest BCUT2D eigenvalue weighted by molar-refractivity contribution is -0.125. The highest BCUT2D eigenvalue weighted by Gasteiger charge is 2.25. The van der Waals surface area contributed by atoms with E-state index in [-0.39, 0.29) is 24.6 Å². The zero-order valence-corrected chi connectivity index (χ0v) is 12.9. The summed E-state index contributed by atoms with van der Waals surface area (Å²) in [4.78, 5) is 24.6. The Balaban J connectivity index is 1.48. The van der Waals surface area contributed by atoms with Gasteiger partial charge in [0.1, 0.15) is 12.4 Å². The van der Waals surface area contributed by atoms with Crippen LogP contribution in [0.15, 0.2) is 24.3 Å². The Kier molecular flexibility index (Phi) is 4.97. The van der Waals surface area contributed by atoms with Crippen LogP contribution in [0, 0.1) is 0 Å². The predicted octanol–water partition coefficient (Wildman–Crippen LogP) is 1.21. The number of anilines is 1. The number of urea groups is 1. The van der Waals surface area contributed by atoms with Crippen molar-refractivity contribution in [3.8, 4) is 5.75 Å². The van der Waals surface area contributed by atoms with E-state index in [2.05, 4.69) is 10.6 Å². The van der Waals surface area contributed by atoms with Crippen molar-refractivity contribution >= 4 is 17.6 Å². The highest BCUT2D eigenvalue weighted by Crippen LogP contribution is 2.19. The molecule has 2 fully saturated rings. The Morgan fingerprint density at radius 1 is 1.48 bits per heavy atom. The van der Waals surface area contributed by atoms with Crippen molar-refractivity contribution in [2.45, 2.75) is 18.9 Å². The lowest BCUT2D eigenvalue weighted by Gasteiger charge is -2.14. The van der Waals surface area contributed by atoms with E-state index in [1.54, 1.807) is 0 Å². The summed E-state index contributed by atoms with van der Waals surface area (Å²) < 4.78 is 11.3. The van der Waals surface area contributed by atoms with Crippen LogP contribution in [0.4, 0.5) is 10.5 Å². The van der Waals surface area contributed by atoms with Gasteiger partial charge in [-0.25, -0.2) is 4.79 Å². The quantitative estimate of drug-likeness (QED) is 0.824. The Bertz CT molecular complexity index is 572. The molecule has 0 spiro atoms. The van der Waals surface area contributed by atoms with Gasteiger partial charge in [0.15, 0.2) is 0 Å². The van der Waals surface area contributed by atoms with E-state index in [4.69, 9.17) is 9.47 Å². The molecule has 0 radical (unpaired) electrons. The lowest BCUT2D eigenvalue weighted by atomic mass is 10.2. The summed E-state index contributed by atoms with van der Waals surface area (Å²) in [6.07, 6.45) is 2.29. The summed E-state index contributed by atoms with van der Waals surface area (Å²) in [5, 5.41) is 5.64. The minimum absolute atomic E-state index is 0.0720. The van der Waals surface area contributed by atoms with Crippen LogP contribution in [0.1, 0.15) is 12.8 Å². The number of nitrogens with one attached hydrogen (secondary N) is 2. The largest absolute Gasteiger partial charge is 0.491 e. The summed E-state index contributed by atoms with van der Waals surface area (Å²) in [5.41, 5.74) is 0.780. The van der Waals surface area contributed by atoms with Gasteiger partial charge in [-0.2, -0.15) is 0 Å². The predicted molar refractivity (Wildman–Crippen MR) is 84.5 cm³/mol. The zero-order chi connectivity index (χ0) is 16.1. The first-order valence-electron chi connectivity index (χ1n) is 7.89. The Hall–Kier alpha value is -2.28. The van der Waals surface area contributed by atoms with Gasteiger partial charge in [0.2, 0.25) is 5.91 Å². The van der Waals surface area contributed by atoms with Crippen molar-refractivity contribution in [1.82, 2.24) is 10.2 Å². The maximum atomic E-state index is 12.0. The molecular weight excluding hydrogens is 298 g/mol. The van der Waals surface area contributed by atoms with Gasteiger partial charge in [-0.15, -0.1) is 0 Å².